The lowest BCUT2D eigenvalue weighted by Crippen LogP contribution is -2.13. The van der Waals surface area contributed by atoms with E-state index in [1.54, 1.807) is 6.20 Å². The van der Waals surface area contributed by atoms with Gasteiger partial charge in [-0.25, -0.2) is 14.1 Å². The molecule has 0 amide bonds. The lowest BCUT2D eigenvalue weighted by molar-refractivity contribution is -0.137. The summed E-state index contributed by atoms with van der Waals surface area (Å²) in [6, 6.07) is 6.91. The number of nitrogens with one attached hydrogen (secondary N) is 3. The van der Waals surface area contributed by atoms with Crippen LogP contribution in [0.3, 0.4) is 0 Å². The van der Waals surface area contributed by atoms with Crippen molar-refractivity contribution in [1.29, 1.82) is 0 Å². The Balaban J connectivity index is 1.86. The highest BCUT2D eigenvalue weighted by molar-refractivity contribution is 9.10. The van der Waals surface area contributed by atoms with Crippen molar-refractivity contribution >= 4 is 49.5 Å². The number of hydrogen-bond donors (Lipinski definition) is 3. The van der Waals surface area contributed by atoms with Crippen molar-refractivity contribution < 1.29 is 17.6 Å². The average molecular weight is 442 g/mol. The molecule has 0 radical (unpaired) electrons. The van der Waals surface area contributed by atoms with Gasteiger partial charge in [-0.2, -0.15) is 13.2 Å². The molecular formula is C17H12BrF4N5. The number of benzene rings is 2. The Hall–Kier alpha value is -2.75. The standard InChI is InChI=1S/C17H12BrF4N5/c1-23-27-15-11(19)4-8(17(20,21)22)5-13(15)25-16(27)26-14-7-24-12-3-2-9(18)6-10(12)14/h2-7,23-24H,1H3,(H,25,26). The normalized spacial score (nSPS) is 12.1. The van der Waals surface area contributed by atoms with Gasteiger partial charge in [0.2, 0.25) is 5.95 Å². The van der Waals surface area contributed by atoms with E-state index in [2.05, 4.69) is 36.6 Å². The lowest BCUT2D eigenvalue weighted by Gasteiger charge is -2.10. The minimum atomic E-state index is -4.66. The van der Waals surface area contributed by atoms with E-state index in [9.17, 15) is 17.6 Å². The van der Waals surface area contributed by atoms with Crippen LogP contribution in [0.1, 0.15) is 5.56 Å². The van der Waals surface area contributed by atoms with E-state index < -0.39 is 17.6 Å². The Morgan fingerprint density at radius 2 is 1.96 bits per heavy atom. The summed E-state index contributed by atoms with van der Waals surface area (Å²) in [5.74, 6) is -0.858. The zero-order chi connectivity index (χ0) is 19.3. The Labute approximate surface area is 158 Å². The van der Waals surface area contributed by atoms with E-state index in [1.807, 2.05) is 18.2 Å². The molecule has 0 aliphatic carbocycles. The van der Waals surface area contributed by atoms with Crippen molar-refractivity contribution in [3.63, 3.8) is 0 Å². The molecule has 10 heteroatoms. The molecule has 0 fully saturated rings. The number of imidazole rings is 1. The molecule has 0 saturated carbocycles. The molecular weight excluding hydrogens is 430 g/mol. The number of aromatic nitrogens is 3. The van der Waals surface area contributed by atoms with Crippen molar-refractivity contribution in [3.8, 4) is 0 Å². The maximum Gasteiger partial charge on any atom is 0.416 e. The van der Waals surface area contributed by atoms with Crippen LogP contribution >= 0.6 is 15.9 Å². The number of hydrogen-bond acceptors (Lipinski definition) is 3. The zero-order valence-electron chi connectivity index (χ0n) is 13.7. The number of H-pyrrole nitrogens is 1. The van der Waals surface area contributed by atoms with Crippen LogP contribution in [-0.4, -0.2) is 21.7 Å². The third-order valence-electron chi connectivity index (χ3n) is 4.15. The summed E-state index contributed by atoms with van der Waals surface area (Å²) >= 11 is 3.40. The first kappa shape index (κ1) is 17.7. The number of alkyl halides is 3. The van der Waals surface area contributed by atoms with E-state index >= 15 is 0 Å². The molecule has 4 aromatic rings. The highest BCUT2D eigenvalue weighted by atomic mass is 79.9. The molecule has 2 heterocycles. The van der Waals surface area contributed by atoms with Gasteiger partial charge in [0.05, 0.1) is 16.8 Å². The molecule has 2 aromatic carbocycles. The summed E-state index contributed by atoms with van der Waals surface area (Å²) in [5.41, 5.74) is 2.97. The Bertz CT molecular complexity index is 1160. The Morgan fingerprint density at radius 3 is 2.67 bits per heavy atom. The van der Waals surface area contributed by atoms with Gasteiger partial charge < -0.3 is 15.7 Å². The first-order valence-corrected chi connectivity index (χ1v) is 8.58. The van der Waals surface area contributed by atoms with Crippen LogP contribution in [0, 0.1) is 5.82 Å². The van der Waals surface area contributed by atoms with Crippen molar-refractivity contribution in [2.24, 2.45) is 0 Å². The topological polar surface area (TPSA) is 57.7 Å². The van der Waals surface area contributed by atoms with Crippen LogP contribution in [0.15, 0.2) is 41.0 Å². The minimum absolute atomic E-state index is 0.0750. The molecule has 2 aromatic heterocycles. The van der Waals surface area contributed by atoms with Crippen LogP contribution in [0.5, 0.6) is 0 Å². The highest BCUT2D eigenvalue weighted by Gasteiger charge is 2.32. The van der Waals surface area contributed by atoms with E-state index in [0.29, 0.717) is 11.8 Å². The number of aromatic amines is 1. The number of nitrogens with zero attached hydrogens (tertiary/aromatic N) is 2. The van der Waals surface area contributed by atoms with Gasteiger partial charge in [0.25, 0.3) is 0 Å². The van der Waals surface area contributed by atoms with Gasteiger partial charge >= 0.3 is 6.18 Å². The monoisotopic (exact) mass is 441 g/mol. The maximum absolute atomic E-state index is 14.4. The summed E-state index contributed by atoms with van der Waals surface area (Å²) in [6.45, 7) is 0. The molecule has 3 N–H and O–H groups in total. The molecule has 0 aliphatic rings. The van der Waals surface area contributed by atoms with Crippen molar-refractivity contribution in [3.05, 3.63) is 52.4 Å². The van der Waals surface area contributed by atoms with Crippen LogP contribution < -0.4 is 10.7 Å². The Kier molecular flexibility index (Phi) is 4.02. The Morgan fingerprint density at radius 1 is 1.19 bits per heavy atom. The second kappa shape index (κ2) is 6.15. The molecule has 27 heavy (non-hydrogen) atoms. The third kappa shape index (κ3) is 2.99. The molecule has 0 aliphatic heterocycles. The van der Waals surface area contributed by atoms with Crippen molar-refractivity contribution in [2.45, 2.75) is 6.18 Å². The second-order valence-corrected chi connectivity index (χ2v) is 6.75. The molecule has 0 saturated heterocycles. The molecule has 140 valence electrons. The van der Waals surface area contributed by atoms with Crippen LogP contribution in [-0.2, 0) is 6.18 Å². The van der Waals surface area contributed by atoms with Crippen LogP contribution in [0.2, 0.25) is 0 Å². The van der Waals surface area contributed by atoms with Gasteiger partial charge in [0.1, 0.15) is 5.52 Å². The zero-order valence-corrected chi connectivity index (χ0v) is 15.3. The molecule has 0 bridgehead atoms. The minimum Gasteiger partial charge on any atom is -0.359 e. The lowest BCUT2D eigenvalue weighted by atomic mass is 10.2. The summed E-state index contributed by atoms with van der Waals surface area (Å²) in [4.78, 5) is 7.23. The van der Waals surface area contributed by atoms with Gasteiger partial charge in [-0.3, -0.25) is 0 Å². The summed E-state index contributed by atoms with van der Waals surface area (Å²) < 4.78 is 55.4. The number of halogens is 5. The van der Waals surface area contributed by atoms with E-state index in [-0.39, 0.29) is 17.0 Å². The number of anilines is 2. The fraction of sp³-hybridized carbons (Fsp3) is 0.118. The van der Waals surface area contributed by atoms with Crippen LogP contribution in [0.4, 0.5) is 29.2 Å². The van der Waals surface area contributed by atoms with Gasteiger partial charge in [-0.05, 0) is 30.3 Å². The highest BCUT2D eigenvalue weighted by Crippen LogP contribution is 2.34. The molecule has 0 unspecified atom stereocenters. The smallest absolute Gasteiger partial charge is 0.359 e. The summed E-state index contributed by atoms with van der Waals surface area (Å²) in [5, 5.41) is 3.88. The van der Waals surface area contributed by atoms with Crippen molar-refractivity contribution in [2.75, 3.05) is 17.8 Å². The summed E-state index contributed by atoms with van der Waals surface area (Å²) in [7, 11) is 1.52. The number of fused-ring (bicyclic) bond motifs is 2. The fourth-order valence-electron chi connectivity index (χ4n) is 2.94. The quantitative estimate of drug-likeness (QED) is 0.375. The maximum atomic E-state index is 14.4. The predicted molar refractivity (Wildman–Crippen MR) is 99.3 cm³/mol. The molecule has 5 nitrogen and oxygen atoms in total. The third-order valence-corrected chi connectivity index (χ3v) is 4.64. The van der Waals surface area contributed by atoms with E-state index in [0.717, 1.165) is 21.4 Å². The average Bonchev–Trinajstić information content (AvgIpc) is 3.15. The molecule has 0 atom stereocenters. The second-order valence-electron chi connectivity index (χ2n) is 5.84. The molecule has 0 spiro atoms. The van der Waals surface area contributed by atoms with Gasteiger partial charge in [-0.1, -0.05) is 15.9 Å². The fourth-order valence-corrected chi connectivity index (χ4v) is 3.30. The molecule has 4 rings (SSSR count). The van der Waals surface area contributed by atoms with Gasteiger partial charge in [0.15, 0.2) is 5.82 Å². The predicted octanol–water partition coefficient (Wildman–Crippen LogP) is 5.35. The van der Waals surface area contributed by atoms with Crippen molar-refractivity contribution in [1.82, 2.24) is 14.6 Å². The van der Waals surface area contributed by atoms with E-state index in [1.165, 1.54) is 11.7 Å². The largest absolute Gasteiger partial charge is 0.416 e. The first-order valence-electron chi connectivity index (χ1n) is 7.78. The van der Waals surface area contributed by atoms with Gasteiger partial charge in [0, 0.05) is 28.6 Å². The van der Waals surface area contributed by atoms with Gasteiger partial charge in [-0.15, -0.1) is 0 Å². The first-order chi connectivity index (χ1) is 12.8. The van der Waals surface area contributed by atoms with Crippen LogP contribution in [0.25, 0.3) is 21.9 Å². The van der Waals surface area contributed by atoms with E-state index in [4.69, 9.17) is 0 Å². The summed E-state index contributed by atoms with van der Waals surface area (Å²) in [6.07, 6.45) is -2.96. The number of rotatable bonds is 3. The SMILES string of the molecule is CNn1c(Nc2c[nH]c3ccc(Br)cc23)nc2cc(C(F)(F)F)cc(F)c21.